The van der Waals surface area contributed by atoms with Crippen LogP contribution < -0.4 is 5.32 Å². The Labute approximate surface area is 120 Å². The first-order chi connectivity index (χ1) is 9.27. The fourth-order valence-corrected chi connectivity index (χ4v) is 6.18. The average molecular weight is 276 g/mol. The van der Waals surface area contributed by atoms with E-state index in [-0.39, 0.29) is 0 Å². The van der Waals surface area contributed by atoms with E-state index in [1.165, 1.54) is 49.2 Å². The van der Waals surface area contributed by atoms with Crippen LogP contribution in [0.15, 0.2) is 5.38 Å². The molecule has 4 fully saturated rings. The highest BCUT2D eigenvalue weighted by Gasteiger charge is 2.52. The van der Waals surface area contributed by atoms with E-state index >= 15 is 0 Å². The van der Waals surface area contributed by atoms with Crippen LogP contribution in [0.3, 0.4) is 0 Å². The zero-order chi connectivity index (χ0) is 12.9. The maximum atomic E-state index is 4.99. The predicted octanol–water partition coefficient (Wildman–Crippen LogP) is 3.72. The molecule has 0 saturated heterocycles. The molecule has 0 aliphatic heterocycles. The summed E-state index contributed by atoms with van der Waals surface area (Å²) < 4.78 is 0. The summed E-state index contributed by atoms with van der Waals surface area (Å²) in [5.74, 6) is 3.06. The lowest BCUT2D eigenvalue weighted by molar-refractivity contribution is -0.00698. The topological polar surface area (TPSA) is 24.9 Å². The summed E-state index contributed by atoms with van der Waals surface area (Å²) in [6.45, 7) is 4.15. The highest BCUT2D eigenvalue weighted by atomic mass is 32.1. The summed E-state index contributed by atoms with van der Waals surface area (Å²) in [7, 11) is 0. The quantitative estimate of drug-likeness (QED) is 0.906. The van der Waals surface area contributed by atoms with Crippen molar-refractivity contribution in [3.63, 3.8) is 0 Å². The monoisotopic (exact) mass is 276 g/mol. The summed E-state index contributed by atoms with van der Waals surface area (Å²) in [4.78, 5) is 4.99. The minimum Gasteiger partial charge on any atom is -0.311 e. The van der Waals surface area contributed by atoms with Gasteiger partial charge < -0.3 is 5.32 Å². The molecule has 0 unspecified atom stereocenters. The molecule has 0 radical (unpaired) electrons. The number of nitrogens with zero attached hydrogens (tertiary/aromatic N) is 1. The lowest BCUT2D eigenvalue weighted by Gasteiger charge is -2.56. The Morgan fingerprint density at radius 2 is 1.84 bits per heavy atom. The number of hydrogen-bond acceptors (Lipinski definition) is 3. The van der Waals surface area contributed by atoms with Crippen molar-refractivity contribution >= 4 is 11.3 Å². The number of thiazole rings is 1. The number of rotatable bonds is 4. The molecule has 1 aromatic heterocycles. The SMILES string of the molecule is CCNCc1nc(C23CC4CC(CC(C4)C2)C3)cs1. The first-order valence-corrected chi connectivity index (χ1v) is 8.81. The van der Waals surface area contributed by atoms with Crippen LogP contribution >= 0.6 is 11.3 Å². The second kappa shape index (κ2) is 4.56. The second-order valence-corrected chi connectivity index (χ2v) is 8.05. The van der Waals surface area contributed by atoms with Crippen molar-refractivity contribution in [3.05, 3.63) is 16.1 Å². The third-order valence-corrected chi connectivity index (χ3v) is 6.51. The Hall–Kier alpha value is -0.410. The van der Waals surface area contributed by atoms with Gasteiger partial charge in [-0.1, -0.05) is 6.92 Å². The van der Waals surface area contributed by atoms with Crippen LogP contribution in [0.4, 0.5) is 0 Å². The van der Waals surface area contributed by atoms with Gasteiger partial charge in [0.05, 0.1) is 5.69 Å². The van der Waals surface area contributed by atoms with Crippen molar-refractivity contribution in [3.8, 4) is 0 Å². The predicted molar refractivity (Wildman–Crippen MR) is 79.3 cm³/mol. The van der Waals surface area contributed by atoms with Gasteiger partial charge in [0.25, 0.3) is 0 Å². The minimum atomic E-state index is 0.482. The molecule has 5 rings (SSSR count). The molecule has 0 amide bonds. The summed E-state index contributed by atoms with van der Waals surface area (Å²) in [5.41, 5.74) is 1.93. The van der Waals surface area contributed by atoms with Crippen LogP contribution in [0.5, 0.6) is 0 Å². The smallest absolute Gasteiger partial charge is 0.107 e. The van der Waals surface area contributed by atoms with Gasteiger partial charge in [0.15, 0.2) is 0 Å². The molecule has 4 aliphatic carbocycles. The van der Waals surface area contributed by atoms with Crippen LogP contribution in [0.1, 0.15) is 56.2 Å². The van der Waals surface area contributed by atoms with Gasteiger partial charge in [0.2, 0.25) is 0 Å². The normalized spacial score (nSPS) is 39.9. The van der Waals surface area contributed by atoms with Crippen molar-refractivity contribution in [2.45, 2.75) is 57.4 Å². The van der Waals surface area contributed by atoms with Gasteiger partial charge in [0, 0.05) is 17.3 Å². The number of nitrogens with one attached hydrogen (secondary N) is 1. The molecule has 19 heavy (non-hydrogen) atoms. The number of hydrogen-bond donors (Lipinski definition) is 1. The molecule has 0 spiro atoms. The summed E-state index contributed by atoms with van der Waals surface area (Å²) >= 11 is 1.86. The summed E-state index contributed by atoms with van der Waals surface area (Å²) in [6.07, 6.45) is 8.87. The molecule has 4 bridgehead atoms. The summed E-state index contributed by atoms with van der Waals surface area (Å²) in [6, 6.07) is 0. The standard InChI is InChI=1S/C16H24N2S/c1-2-17-9-15-18-14(10-19-15)16-6-11-3-12(7-16)5-13(4-11)8-16/h10-13,17H,2-9H2,1H3. The van der Waals surface area contributed by atoms with E-state index in [0.29, 0.717) is 5.41 Å². The zero-order valence-corrected chi connectivity index (χ0v) is 12.6. The van der Waals surface area contributed by atoms with E-state index in [0.717, 1.165) is 30.8 Å². The average Bonchev–Trinajstić information content (AvgIpc) is 2.84. The molecule has 0 aromatic carbocycles. The Morgan fingerprint density at radius 3 is 2.42 bits per heavy atom. The number of aromatic nitrogens is 1. The Kier molecular flexibility index (Phi) is 2.96. The van der Waals surface area contributed by atoms with E-state index in [9.17, 15) is 0 Å². The van der Waals surface area contributed by atoms with E-state index in [1.807, 2.05) is 11.3 Å². The van der Waals surface area contributed by atoms with Gasteiger partial charge in [0.1, 0.15) is 5.01 Å². The van der Waals surface area contributed by atoms with Gasteiger partial charge >= 0.3 is 0 Å². The molecule has 104 valence electrons. The van der Waals surface area contributed by atoms with Crippen molar-refractivity contribution in [2.75, 3.05) is 6.54 Å². The van der Waals surface area contributed by atoms with Crippen LogP contribution in [0.2, 0.25) is 0 Å². The van der Waals surface area contributed by atoms with Gasteiger partial charge in [-0.15, -0.1) is 11.3 Å². The van der Waals surface area contributed by atoms with Crippen molar-refractivity contribution in [1.29, 1.82) is 0 Å². The molecule has 4 aliphatic rings. The first kappa shape index (κ1) is 12.3. The first-order valence-electron chi connectivity index (χ1n) is 7.93. The van der Waals surface area contributed by atoms with Gasteiger partial charge in [-0.25, -0.2) is 4.98 Å². The van der Waals surface area contributed by atoms with Crippen LogP contribution in [0, 0.1) is 17.8 Å². The molecule has 1 N–H and O–H groups in total. The molecule has 1 heterocycles. The van der Waals surface area contributed by atoms with Gasteiger partial charge in [-0.3, -0.25) is 0 Å². The molecule has 0 atom stereocenters. The van der Waals surface area contributed by atoms with Crippen LogP contribution in [-0.2, 0) is 12.0 Å². The minimum absolute atomic E-state index is 0.482. The van der Waals surface area contributed by atoms with Crippen LogP contribution in [-0.4, -0.2) is 11.5 Å². The highest BCUT2D eigenvalue weighted by molar-refractivity contribution is 7.09. The van der Waals surface area contributed by atoms with E-state index in [4.69, 9.17) is 4.98 Å². The fraction of sp³-hybridized carbons (Fsp3) is 0.812. The molecule has 4 saturated carbocycles. The van der Waals surface area contributed by atoms with Gasteiger partial charge in [-0.05, 0) is 62.8 Å². The Morgan fingerprint density at radius 1 is 1.21 bits per heavy atom. The maximum Gasteiger partial charge on any atom is 0.107 e. The lowest BCUT2D eigenvalue weighted by Crippen LogP contribution is -2.48. The maximum absolute atomic E-state index is 4.99. The zero-order valence-electron chi connectivity index (χ0n) is 11.8. The Bertz CT molecular complexity index is 430. The summed E-state index contributed by atoms with van der Waals surface area (Å²) in [5, 5.41) is 7.06. The van der Waals surface area contributed by atoms with E-state index in [1.54, 1.807) is 0 Å². The molecular weight excluding hydrogens is 252 g/mol. The molecular formula is C16H24N2S. The Balaban J connectivity index is 1.59. The third-order valence-electron chi connectivity index (χ3n) is 5.66. The highest BCUT2D eigenvalue weighted by Crippen LogP contribution is 2.60. The van der Waals surface area contributed by atoms with Crippen molar-refractivity contribution in [2.24, 2.45) is 17.8 Å². The lowest BCUT2D eigenvalue weighted by atomic mass is 9.49. The van der Waals surface area contributed by atoms with Gasteiger partial charge in [-0.2, -0.15) is 0 Å². The van der Waals surface area contributed by atoms with E-state index < -0.39 is 0 Å². The van der Waals surface area contributed by atoms with Crippen LogP contribution in [0.25, 0.3) is 0 Å². The second-order valence-electron chi connectivity index (χ2n) is 7.10. The largest absolute Gasteiger partial charge is 0.311 e. The molecule has 3 heteroatoms. The third kappa shape index (κ3) is 2.06. The molecule has 2 nitrogen and oxygen atoms in total. The molecule has 1 aromatic rings. The van der Waals surface area contributed by atoms with Crippen molar-refractivity contribution in [1.82, 2.24) is 10.3 Å². The van der Waals surface area contributed by atoms with Crippen molar-refractivity contribution < 1.29 is 0 Å². The van der Waals surface area contributed by atoms with E-state index in [2.05, 4.69) is 17.6 Å². The fourth-order valence-electron chi connectivity index (χ4n) is 5.29.